The molecule has 1 amide bonds. The number of anilines is 2. The molecule has 0 aliphatic rings. The van der Waals surface area contributed by atoms with E-state index in [1.807, 2.05) is 6.92 Å². The Morgan fingerprint density at radius 3 is 2.26 bits per heavy atom. The first kappa shape index (κ1) is 24.3. The Hall–Kier alpha value is -2.94. The van der Waals surface area contributed by atoms with Crippen molar-refractivity contribution in [3.8, 4) is 0 Å². The molecule has 0 aliphatic carbocycles. The molecular formula is C22H27FN2O5S. The van der Waals surface area contributed by atoms with E-state index in [2.05, 4.69) is 5.32 Å². The molecule has 7 nitrogen and oxygen atoms in total. The standard InChI is InChI=1S/C22H27FN2O5S/c1-3-4-16-30-22(27)17-7-11-19(12-8-17)24-21(26)6-5-15-25(31(2,28)29)20-13-9-18(23)10-14-20/h7-14H,3-6,15-16H2,1-2H3,(H,24,26). The molecule has 0 radical (unpaired) electrons. The molecule has 0 unspecified atom stereocenters. The topological polar surface area (TPSA) is 92.8 Å². The molecule has 0 heterocycles. The molecule has 0 fully saturated rings. The molecule has 31 heavy (non-hydrogen) atoms. The lowest BCUT2D eigenvalue weighted by molar-refractivity contribution is -0.116. The number of rotatable bonds is 11. The van der Waals surface area contributed by atoms with Gasteiger partial charge in [-0.05, 0) is 61.4 Å². The van der Waals surface area contributed by atoms with E-state index < -0.39 is 21.8 Å². The summed E-state index contributed by atoms with van der Waals surface area (Å²) >= 11 is 0. The van der Waals surface area contributed by atoms with Crippen LogP contribution in [-0.2, 0) is 19.6 Å². The van der Waals surface area contributed by atoms with Gasteiger partial charge < -0.3 is 10.1 Å². The molecule has 0 atom stereocenters. The number of amides is 1. The van der Waals surface area contributed by atoms with Crippen molar-refractivity contribution >= 4 is 33.3 Å². The fourth-order valence-electron chi connectivity index (χ4n) is 2.78. The van der Waals surface area contributed by atoms with Crippen LogP contribution < -0.4 is 9.62 Å². The summed E-state index contributed by atoms with van der Waals surface area (Å²) in [6.07, 6.45) is 3.17. The average molecular weight is 451 g/mol. The molecule has 0 saturated carbocycles. The van der Waals surface area contributed by atoms with Gasteiger partial charge in [-0.1, -0.05) is 13.3 Å². The van der Waals surface area contributed by atoms with E-state index in [1.165, 1.54) is 24.3 Å². The minimum absolute atomic E-state index is 0.0838. The van der Waals surface area contributed by atoms with Crippen LogP contribution in [0.15, 0.2) is 48.5 Å². The molecule has 2 aromatic rings. The van der Waals surface area contributed by atoms with Crippen LogP contribution in [0.2, 0.25) is 0 Å². The number of hydrogen-bond acceptors (Lipinski definition) is 5. The summed E-state index contributed by atoms with van der Waals surface area (Å²) in [5.41, 5.74) is 1.26. The Labute approximate surface area is 182 Å². The van der Waals surface area contributed by atoms with Crippen molar-refractivity contribution in [2.24, 2.45) is 0 Å². The van der Waals surface area contributed by atoms with Gasteiger partial charge in [0.1, 0.15) is 5.82 Å². The molecule has 2 aromatic carbocycles. The van der Waals surface area contributed by atoms with Gasteiger partial charge in [-0.25, -0.2) is 17.6 Å². The highest BCUT2D eigenvalue weighted by Gasteiger charge is 2.17. The van der Waals surface area contributed by atoms with Gasteiger partial charge in [0.2, 0.25) is 15.9 Å². The molecule has 0 spiro atoms. The first-order valence-corrected chi connectivity index (χ1v) is 11.9. The number of nitrogens with zero attached hydrogens (tertiary/aromatic N) is 1. The molecule has 9 heteroatoms. The van der Waals surface area contributed by atoms with E-state index in [0.29, 0.717) is 23.5 Å². The van der Waals surface area contributed by atoms with Crippen molar-refractivity contribution in [1.29, 1.82) is 0 Å². The SMILES string of the molecule is CCCCOC(=O)c1ccc(NC(=O)CCCN(c2ccc(F)cc2)S(C)(=O)=O)cc1. The second-order valence-corrected chi connectivity index (χ2v) is 8.94. The fraction of sp³-hybridized carbons (Fsp3) is 0.364. The summed E-state index contributed by atoms with van der Waals surface area (Å²) in [6.45, 7) is 2.46. The summed E-state index contributed by atoms with van der Waals surface area (Å²) in [5, 5.41) is 2.71. The number of halogens is 1. The van der Waals surface area contributed by atoms with E-state index in [9.17, 15) is 22.4 Å². The Morgan fingerprint density at radius 1 is 1.03 bits per heavy atom. The van der Waals surface area contributed by atoms with Gasteiger partial charge in [0.25, 0.3) is 0 Å². The van der Waals surface area contributed by atoms with Gasteiger partial charge in [-0.3, -0.25) is 9.10 Å². The number of carbonyl (C=O) groups excluding carboxylic acids is 2. The first-order chi connectivity index (χ1) is 14.7. The van der Waals surface area contributed by atoms with Crippen LogP contribution in [0.4, 0.5) is 15.8 Å². The predicted molar refractivity (Wildman–Crippen MR) is 118 cm³/mol. The van der Waals surface area contributed by atoms with Gasteiger partial charge in [0.05, 0.1) is 24.1 Å². The number of nitrogens with one attached hydrogen (secondary N) is 1. The quantitative estimate of drug-likeness (QED) is 0.413. The van der Waals surface area contributed by atoms with Crippen molar-refractivity contribution in [3.05, 3.63) is 59.9 Å². The van der Waals surface area contributed by atoms with Crippen molar-refractivity contribution < 1.29 is 27.1 Å². The number of carbonyl (C=O) groups is 2. The van der Waals surface area contributed by atoms with Crippen LogP contribution in [0.1, 0.15) is 43.0 Å². The van der Waals surface area contributed by atoms with Crippen molar-refractivity contribution in [2.45, 2.75) is 32.6 Å². The third-order valence-electron chi connectivity index (χ3n) is 4.42. The van der Waals surface area contributed by atoms with Crippen LogP contribution in [0.3, 0.4) is 0 Å². The second kappa shape index (κ2) is 11.5. The van der Waals surface area contributed by atoms with E-state index in [1.54, 1.807) is 24.3 Å². The summed E-state index contributed by atoms with van der Waals surface area (Å²) in [5.74, 6) is -1.16. The number of esters is 1. The normalized spacial score (nSPS) is 11.1. The van der Waals surface area contributed by atoms with Crippen molar-refractivity contribution in [1.82, 2.24) is 0 Å². The molecule has 0 aliphatic heterocycles. The highest BCUT2D eigenvalue weighted by atomic mass is 32.2. The Kier molecular flexibility index (Phi) is 8.99. The molecule has 0 saturated heterocycles. The Balaban J connectivity index is 1.86. The highest BCUT2D eigenvalue weighted by Crippen LogP contribution is 2.19. The van der Waals surface area contributed by atoms with Crippen molar-refractivity contribution in [2.75, 3.05) is 29.0 Å². The third-order valence-corrected chi connectivity index (χ3v) is 5.61. The zero-order valence-corrected chi connectivity index (χ0v) is 18.5. The summed E-state index contributed by atoms with van der Waals surface area (Å²) < 4.78 is 43.5. The summed E-state index contributed by atoms with van der Waals surface area (Å²) in [4.78, 5) is 24.1. The van der Waals surface area contributed by atoms with Crippen LogP contribution in [0.25, 0.3) is 0 Å². The van der Waals surface area contributed by atoms with Gasteiger partial charge >= 0.3 is 5.97 Å². The van der Waals surface area contributed by atoms with Crippen LogP contribution in [0, 0.1) is 5.82 Å². The summed E-state index contributed by atoms with van der Waals surface area (Å²) in [7, 11) is -3.57. The van der Waals surface area contributed by atoms with E-state index in [0.717, 1.165) is 23.4 Å². The maximum absolute atomic E-state index is 13.1. The predicted octanol–water partition coefficient (Wildman–Crippen LogP) is 3.97. The number of sulfonamides is 1. The summed E-state index contributed by atoms with van der Waals surface area (Å²) in [6, 6.07) is 11.5. The lowest BCUT2D eigenvalue weighted by Crippen LogP contribution is -2.31. The van der Waals surface area contributed by atoms with E-state index in [4.69, 9.17) is 4.74 Å². The molecule has 168 valence electrons. The molecular weight excluding hydrogens is 423 g/mol. The van der Waals surface area contributed by atoms with Gasteiger partial charge in [-0.2, -0.15) is 0 Å². The van der Waals surface area contributed by atoms with Gasteiger partial charge in [-0.15, -0.1) is 0 Å². The largest absolute Gasteiger partial charge is 0.462 e. The zero-order valence-electron chi connectivity index (χ0n) is 17.6. The number of unbranched alkanes of at least 4 members (excludes halogenated alkanes) is 1. The number of benzene rings is 2. The molecule has 1 N–H and O–H groups in total. The minimum atomic E-state index is -3.57. The van der Waals surface area contributed by atoms with Crippen LogP contribution in [0.5, 0.6) is 0 Å². The number of hydrogen-bond donors (Lipinski definition) is 1. The minimum Gasteiger partial charge on any atom is -0.462 e. The smallest absolute Gasteiger partial charge is 0.338 e. The maximum Gasteiger partial charge on any atom is 0.338 e. The Bertz CT molecular complexity index is 976. The fourth-order valence-corrected chi connectivity index (χ4v) is 3.75. The zero-order chi connectivity index (χ0) is 22.9. The monoisotopic (exact) mass is 450 g/mol. The van der Waals surface area contributed by atoms with Gasteiger partial charge in [0.15, 0.2) is 0 Å². The van der Waals surface area contributed by atoms with Crippen molar-refractivity contribution in [3.63, 3.8) is 0 Å². The van der Waals surface area contributed by atoms with Crippen LogP contribution in [-0.4, -0.2) is 39.7 Å². The third kappa shape index (κ3) is 8.01. The lowest BCUT2D eigenvalue weighted by Gasteiger charge is -2.22. The number of ether oxygens (including phenoxy) is 1. The maximum atomic E-state index is 13.1. The first-order valence-electron chi connectivity index (χ1n) is 10.0. The Morgan fingerprint density at radius 2 is 1.68 bits per heavy atom. The highest BCUT2D eigenvalue weighted by molar-refractivity contribution is 7.92. The van der Waals surface area contributed by atoms with Gasteiger partial charge in [0, 0.05) is 18.7 Å². The van der Waals surface area contributed by atoms with Crippen LogP contribution >= 0.6 is 0 Å². The lowest BCUT2D eigenvalue weighted by atomic mass is 10.2. The second-order valence-electron chi connectivity index (χ2n) is 7.03. The molecule has 2 rings (SSSR count). The van der Waals surface area contributed by atoms with E-state index >= 15 is 0 Å². The molecule has 0 bridgehead atoms. The van der Waals surface area contributed by atoms with E-state index in [-0.39, 0.29) is 25.3 Å². The molecule has 0 aromatic heterocycles. The average Bonchev–Trinajstić information content (AvgIpc) is 2.72.